The van der Waals surface area contributed by atoms with Crippen molar-refractivity contribution in [3.63, 3.8) is 0 Å². The zero-order valence-electron chi connectivity index (χ0n) is 8.23. The highest BCUT2D eigenvalue weighted by atomic mass is 32.1. The monoisotopic (exact) mass is 217 g/mol. The Bertz CT molecular complexity index is 504. The number of rotatable bonds is 0. The Labute approximate surface area is 92.0 Å². The fraction of sp³-hybridized carbons (Fsp3) is 0.273. The number of aryl methyl sites for hydroxylation is 2. The molecule has 0 fully saturated rings. The zero-order chi connectivity index (χ0) is 10.3. The van der Waals surface area contributed by atoms with Gasteiger partial charge >= 0.3 is 0 Å². The predicted molar refractivity (Wildman–Crippen MR) is 61.8 cm³/mol. The largest absolute Gasteiger partial charge is 0.375 e. The highest BCUT2D eigenvalue weighted by molar-refractivity contribution is 7.15. The van der Waals surface area contributed by atoms with Crippen LogP contribution in [-0.4, -0.2) is 9.97 Å². The number of hydrogen-bond donors (Lipinski definition) is 1. The second-order valence-electron chi connectivity index (χ2n) is 3.68. The van der Waals surface area contributed by atoms with Gasteiger partial charge in [-0.3, -0.25) is 4.98 Å². The van der Waals surface area contributed by atoms with Gasteiger partial charge in [-0.25, -0.2) is 4.98 Å². The highest BCUT2D eigenvalue weighted by Gasteiger charge is 2.18. The summed E-state index contributed by atoms with van der Waals surface area (Å²) in [6, 6.07) is 4.05. The van der Waals surface area contributed by atoms with E-state index in [9.17, 15) is 0 Å². The molecule has 0 saturated heterocycles. The van der Waals surface area contributed by atoms with Crippen molar-refractivity contribution in [1.29, 1.82) is 0 Å². The molecule has 15 heavy (non-hydrogen) atoms. The number of nitrogens with two attached hydrogens (primary N) is 1. The van der Waals surface area contributed by atoms with Crippen LogP contribution in [0.15, 0.2) is 18.3 Å². The third-order valence-electron chi connectivity index (χ3n) is 2.68. The molecule has 76 valence electrons. The predicted octanol–water partition coefficient (Wildman–Crippen LogP) is 2.28. The van der Waals surface area contributed by atoms with Crippen molar-refractivity contribution in [3.8, 4) is 11.3 Å². The molecule has 2 aromatic rings. The third-order valence-corrected chi connectivity index (χ3v) is 3.62. The number of pyridine rings is 1. The lowest BCUT2D eigenvalue weighted by Gasteiger charge is -2.02. The van der Waals surface area contributed by atoms with Gasteiger partial charge in [0.25, 0.3) is 0 Å². The number of thiazole rings is 1. The van der Waals surface area contributed by atoms with E-state index in [0.29, 0.717) is 5.13 Å². The van der Waals surface area contributed by atoms with Crippen molar-refractivity contribution >= 4 is 16.5 Å². The Balaban J connectivity index is 2.26. The smallest absolute Gasteiger partial charge is 0.180 e. The van der Waals surface area contributed by atoms with Gasteiger partial charge < -0.3 is 5.73 Å². The van der Waals surface area contributed by atoms with Crippen molar-refractivity contribution < 1.29 is 0 Å². The quantitative estimate of drug-likeness (QED) is 0.736. The van der Waals surface area contributed by atoms with Crippen LogP contribution in [0.5, 0.6) is 0 Å². The fourth-order valence-corrected chi connectivity index (χ4v) is 2.91. The minimum atomic E-state index is 0.664. The summed E-state index contributed by atoms with van der Waals surface area (Å²) < 4.78 is 0. The molecule has 0 saturated carbocycles. The maximum absolute atomic E-state index is 5.75. The molecule has 0 aromatic carbocycles. The Morgan fingerprint density at radius 3 is 3.20 bits per heavy atom. The van der Waals surface area contributed by atoms with E-state index < -0.39 is 0 Å². The van der Waals surface area contributed by atoms with E-state index in [-0.39, 0.29) is 0 Å². The molecule has 3 rings (SSSR count). The van der Waals surface area contributed by atoms with E-state index in [2.05, 4.69) is 16.0 Å². The maximum atomic E-state index is 5.75. The first-order chi connectivity index (χ1) is 7.34. The average Bonchev–Trinajstić information content (AvgIpc) is 2.52. The Morgan fingerprint density at radius 1 is 1.33 bits per heavy atom. The second-order valence-corrected chi connectivity index (χ2v) is 4.79. The van der Waals surface area contributed by atoms with E-state index in [1.54, 1.807) is 11.3 Å². The molecule has 2 aromatic heterocycles. The second kappa shape index (κ2) is 3.31. The van der Waals surface area contributed by atoms with Crippen molar-refractivity contribution in [2.75, 3.05) is 5.73 Å². The summed E-state index contributed by atoms with van der Waals surface area (Å²) in [6.45, 7) is 0. The van der Waals surface area contributed by atoms with E-state index >= 15 is 0 Å². The molecule has 0 spiro atoms. The molecule has 0 unspecified atom stereocenters. The van der Waals surface area contributed by atoms with Gasteiger partial charge in [0.15, 0.2) is 5.13 Å². The number of fused-ring (bicyclic) bond motifs is 3. The maximum Gasteiger partial charge on any atom is 0.180 e. The van der Waals surface area contributed by atoms with Gasteiger partial charge in [0.2, 0.25) is 0 Å². The average molecular weight is 217 g/mol. The molecule has 1 aliphatic carbocycles. The lowest BCUT2D eigenvalue weighted by atomic mass is 10.1. The lowest BCUT2D eigenvalue weighted by Crippen LogP contribution is -1.92. The van der Waals surface area contributed by atoms with Gasteiger partial charge in [-0.1, -0.05) is 0 Å². The number of aromatic nitrogens is 2. The molecule has 1 aliphatic rings. The van der Waals surface area contributed by atoms with E-state index in [1.165, 1.54) is 4.88 Å². The standard InChI is InChI=1S/C11H11N3S/c12-11-14-10-7-3-2-6-13-8(7)4-1-5-9(10)15-11/h2-3,6H,1,4-5H2,(H2,12,14). The van der Waals surface area contributed by atoms with E-state index in [4.69, 9.17) is 5.73 Å². The summed E-state index contributed by atoms with van der Waals surface area (Å²) in [6.07, 6.45) is 5.10. The third kappa shape index (κ3) is 1.41. The molecule has 4 heteroatoms. The van der Waals surface area contributed by atoms with Crippen molar-refractivity contribution in [2.24, 2.45) is 0 Å². The van der Waals surface area contributed by atoms with Crippen LogP contribution in [0.25, 0.3) is 11.3 Å². The van der Waals surface area contributed by atoms with Gasteiger partial charge in [0.1, 0.15) is 0 Å². The summed E-state index contributed by atoms with van der Waals surface area (Å²) in [4.78, 5) is 10.1. The zero-order valence-corrected chi connectivity index (χ0v) is 9.05. The van der Waals surface area contributed by atoms with Crippen LogP contribution in [0.1, 0.15) is 17.0 Å². The Hall–Kier alpha value is -1.42. The molecule has 0 radical (unpaired) electrons. The summed E-state index contributed by atoms with van der Waals surface area (Å²) in [5, 5.41) is 0.664. The van der Waals surface area contributed by atoms with E-state index in [0.717, 1.165) is 36.2 Å². The number of anilines is 1. The molecule has 0 bridgehead atoms. The minimum absolute atomic E-state index is 0.664. The molecule has 2 heterocycles. The summed E-state index contributed by atoms with van der Waals surface area (Å²) >= 11 is 1.61. The van der Waals surface area contributed by atoms with Gasteiger partial charge in [-0.2, -0.15) is 0 Å². The topological polar surface area (TPSA) is 51.8 Å². The normalized spacial score (nSPS) is 14.1. The number of nitrogens with zero attached hydrogens (tertiary/aromatic N) is 2. The Morgan fingerprint density at radius 2 is 2.27 bits per heavy atom. The van der Waals surface area contributed by atoms with Crippen LogP contribution in [0.2, 0.25) is 0 Å². The van der Waals surface area contributed by atoms with Crippen LogP contribution >= 0.6 is 11.3 Å². The first-order valence-corrected chi connectivity index (χ1v) is 5.85. The van der Waals surface area contributed by atoms with Gasteiger partial charge in [-0.05, 0) is 31.4 Å². The van der Waals surface area contributed by atoms with Crippen LogP contribution < -0.4 is 5.73 Å². The van der Waals surface area contributed by atoms with Crippen LogP contribution in [0, 0.1) is 0 Å². The van der Waals surface area contributed by atoms with Gasteiger partial charge in [0.05, 0.1) is 5.69 Å². The molecule has 2 N–H and O–H groups in total. The molecule has 0 atom stereocenters. The minimum Gasteiger partial charge on any atom is -0.375 e. The summed E-state index contributed by atoms with van der Waals surface area (Å²) in [5.74, 6) is 0. The SMILES string of the molecule is Nc1nc2c(s1)CCCc1ncccc1-2. The van der Waals surface area contributed by atoms with Gasteiger partial charge in [0, 0.05) is 22.3 Å². The lowest BCUT2D eigenvalue weighted by molar-refractivity contribution is 0.822. The van der Waals surface area contributed by atoms with Crippen LogP contribution in [0.3, 0.4) is 0 Å². The molecule has 3 nitrogen and oxygen atoms in total. The first-order valence-electron chi connectivity index (χ1n) is 5.04. The summed E-state index contributed by atoms with van der Waals surface area (Å²) in [5.41, 5.74) is 9.13. The summed E-state index contributed by atoms with van der Waals surface area (Å²) in [7, 11) is 0. The van der Waals surface area contributed by atoms with Crippen molar-refractivity contribution in [3.05, 3.63) is 28.9 Å². The highest BCUT2D eigenvalue weighted by Crippen LogP contribution is 2.35. The van der Waals surface area contributed by atoms with Gasteiger partial charge in [-0.15, -0.1) is 11.3 Å². The Kier molecular flexibility index (Phi) is 1.95. The van der Waals surface area contributed by atoms with Crippen LogP contribution in [-0.2, 0) is 12.8 Å². The number of hydrogen-bond acceptors (Lipinski definition) is 4. The van der Waals surface area contributed by atoms with Crippen molar-refractivity contribution in [2.45, 2.75) is 19.3 Å². The number of nitrogen functional groups attached to an aromatic ring is 1. The molecular weight excluding hydrogens is 206 g/mol. The fourth-order valence-electron chi connectivity index (χ4n) is 2.02. The van der Waals surface area contributed by atoms with Crippen LogP contribution in [0.4, 0.5) is 5.13 Å². The molecular formula is C11H11N3S. The van der Waals surface area contributed by atoms with E-state index in [1.807, 2.05) is 12.3 Å². The first kappa shape index (κ1) is 8.85. The van der Waals surface area contributed by atoms with Crippen molar-refractivity contribution in [1.82, 2.24) is 9.97 Å². The molecule has 0 aliphatic heterocycles. The molecule has 0 amide bonds.